The zero-order valence-corrected chi connectivity index (χ0v) is 24.1. The van der Waals surface area contributed by atoms with Gasteiger partial charge < -0.3 is 14.5 Å². The smallest absolute Gasteiger partial charge is 0.426 e. The second kappa shape index (κ2) is 12.1. The molecule has 9 nitrogen and oxygen atoms in total. The number of aryl methyl sites for hydroxylation is 2. The van der Waals surface area contributed by atoms with Crippen LogP contribution >= 0.6 is 11.6 Å². The lowest BCUT2D eigenvalue weighted by molar-refractivity contribution is -0.164. The topological polar surface area (TPSA) is 108 Å². The summed E-state index contributed by atoms with van der Waals surface area (Å²) in [4.78, 5) is 54.8. The summed E-state index contributed by atoms with van der Waals surface area (Å²) in [5.74, 6) is -1.12. The van der Waals surface area contributed by atoms with E-state index in [0.717, 1.165) is 22.3 Å². The maximum Gasteiger partial charge on any atom is 0.426 e. The number of ether oxygens (including phenoxy) is 1. The van der Waals surface area contributed by atoms with Crippen LogP contribution in [-0.2, 0) is 32.1 Å². The Kier molecular flexibility index (Phi) is 9.27. The highest BCUT2D eigenvalue weighted by molar-refractivity contribution is 6.30. The molecule has 210 valence electrons. The lowest BCUT2D eigenvalue weighted by Crippen LogP contribution is -2.68. The van der Waals surface area contributed by atoms with E-state index in [1.54, 1.807) is 56.9 Å². The van der Waals surface area contributed by atoms with Crippen LogP contribution in [-0.4, -0.2) is 57.8 Å². The number of benzene rings is 2. The highest BCUT2D eigenvalue weighted by Gasteiger charge is 2.51. The Bertz CT molecular complexity index is 1220. The Labute approximate surface area is 234 Å². The van der Waals surface area contributed by atoms with Gasteiger partial charge in [-0.15, -0.1) is 0 Å². The number of nitrogens with zero attached hydrogens (tertiary/aromatic N) is 2. The molecule has 0 bridgehead atoms. The molecule has 1 unspecified atom stereocenters. The van der Waals surface area contributed by atoms with E-state index in [1.165, 1.54) is 4.90 Å². The Morgan fingerprint density at radius 1 is 1.00 bits per heavy atom. The van der Waals surface area contributed by atoms with Gasteiger partial charge in [0.2, 0.25) is 11.8 Å². The van der Waals surface area contributed by atoms with E-state index in [4.69, 9.17) is 16.3 Å². The summed E-state index contributed by atoms with van der Waals surface area (Å²) >= 11 is 6.01. The van der Waals surface area contributed by atoms with Gasteiger partial charge >= 0.3 is 6.09 Å². The normalized spacial score (nSPS) is 16.6. The highest BCUT2D eigenvalue weighted by atomic mass is 35.5. The van der Waals surface area contributed by atoms with Crippen LogP contribution in [0.4, 0.5) is 4.79 Å². The zero-order chi connectivity index (χ0) is 29.0. The molecule has 0 spiro atoms. The van der Waals surface area contributed by atoms with E-state index in [2.05, 4.69) is 10.9 Å². The van der Waals surface area contributed by atoms with Crippen molar-refractivity contribution in [3.05, 3.63) is 69.7 Å². The number of likely N-dealkylation sites (tertiary alicyclic amines) is 1. The summed E-state index contributed by atoms with van der Waals surface area (Å²) in [6.07, 6.45) is -0.164. The quantitative estimate of drug-likeness (QED) is 0.500. The molecule has 1 aliphatic heterocycles. The Balaban J connectivity index is 1.74. The van der Waals surface area contributed by atoms with Gasteiger partial charge in [-0.25, -0.2) is 10.2 Å². The number of amides is 4. The molecule has 1 heterocycles. The average molecular weight is 557 g/mol. The Morgan fingerprint density at radius 2 is 1.62 bits per heavy atom. The monoisotopic (exact) mass is 556 g/mol. The van der Waals surface area contributed by atoms with Crippen molar-refractivity contribution < 1.29 is 23.9 Å². The molecule has 1 fully saturated rings. The van der Waals surface area contributed by atoms with Crippen LogP contribution in [0.3, 0.4) is 0 Å². The Morgan fingerprint density at radius 3 is 2.15 bits per heavy atom. The minimum atomic E-state index is -1.10. The van der Waals surface area contributed by atoms with Gasteiger partial charge in [0.1, 0.15) is 17.7 Å². The molecule has 4 amide bonds. The first-order valence-electron chi connectivity index (χ1n) is 12.9. The predicted molar refractivity (Wildman–Crippen MR) is 149 cm³/mol. The standard InChI is InChI=1S/C29H37ClN4O5/c1-19-13-20(2)15-22(14-19)16-25(36)34-12-11-29(34,6)26(37)33(17-21-7-9-23(30)10-8-21)18-24(35)31-32-27(38)39-28(3,4)5/h7-10,13-15H,11-12,16-18H2,1-6H3,(H,31,35)(H,32,38). The second-order valence-electron chi connectivity index (χ2n) is 11.2. The van der Waals surface area contributed by atoms with Gasteiger partial charge in [-0.05, 0) is 71.2 Å². The lowest BCUT2D eigenvalue weighted by Gasteiger charge is -2.51. The number of hydrogen-bond acceptors (Lipinski definition) is 5. The lowest BCUT2D eigenvalue weighted by atomic mass is 9.84. The maximum absolute atomic E-state index is 13.9. The van der Waals surface area contributed by atoms with Crippen molar-refractivity contribution in [1.29, 1.82) is 0 Å². The second-order valence-corrected chi connectivity index (χ2v) is 11.6. The van der Waals surface area contributed by atoms with Crippen molar-refractivity contribution in [3.8, 4) is 0 Å². The molecule has 2 aromatic rings. The van der Waals surface area contributed by atoms with Crippen molar-refractivity contribution in [2.24, 2.45) is 0 Å². The SMILES string of the molecule is Cc1cc(C)cc(CC(=O)N2CCC2(C)C(=O)N(CC(=O)NNC(=O)OC(C)(C)C)Cc2ccc(Cl)cc2)c1. The molecule has 1 aliphatic rings. The van der Waals surface area contributed by atoms with Crippen LogP contribution in [0, 0.1) is 13.8 Å². The van der Waals surface area contributed by atoms with Gasteiger partial charge in [-0.3, -0.25) is 19.8 Å². The summed E-state index contributed by atoms with van der Waals surface area (Å²) in [5.41, 5.74) is 6.45. The predicted octanol–water partition coefficient (Wildman–Crippen LogP) is 4.08. The molecular formula is C29H37ClN4O5. The van der Waals surface area contributed by atoms with E-state index >= 15 is 0 Å². The van der Waals surface area contributed by atoms with Crippen LogP contribution in [0.1, 0.15) is 56.4 Å². The maximum atomic E-state index is 13.9. The molecule has 3 rings (SSSR count). The number of halogens is 1. The molecule has 0 aliphatic carbocycles. The summed E-state index contributed by atoms with van der Waals surface area (Å²) in [6.45, 7) is 11.0. The summed E-state index contributed by atoms with van der Waals surface area (Å²) in [5, 5.41) is 0.546. The van der Waals surface area contributed by atoms with Gasteiger partial charge in [-0.1, -0.05) is 53.1 Å². The highest BCUT2D eigenvalue weighted by Crippen LogP contribution is 2.33. The third kappa shape index (κ3) is 8.20. The molecule has 39 heavy (non-hydrogen) atoms. The van der Waals surface area contributed by atoms with Gasteiger partial charge in [0.15, 0.2) is 0 Å². The van der Waals surface area contributed by atoms with Gasteiger partial charge in [0, 0.05) is 18.1 Å². The van der Waals surface area contributed by atoms with E-state index in [-0.39, 0.29) is 31.3 Å². The minimum absolute atomic E-state index is 0.116. The Hall–Kier alpha value is -3.59. The number of carbonyl (C=O) groups is 4. The molecular weight excluding hydrogens is 520 g/mol. The average Bonchev–Trinajstić information content (AvgIpc) is 2.80. The summed E-state index contributed by atoms with van der Waals surface area (Å²) in [7, 11) is 0. The molecule has 0 aromatic heterocycles. The fraction of sp³-hybridized carbons (Fsp3) is 0.448. The van der Waals surface area contributed by atoms with Crippen LogP contribution in [0.15, 0.2) is 42.5 Å². The van der Waals surface area contributed by atoms with Crippen molar-refractivity contribution in [3.63, 3.8) is 0 Å². The number of nitrogens with one attached hydrogen (secondary N) is 2. The number of carbonyl (C=O) groups excluding carboxylic acids is 4. The molecule has 1 atom stereocenters. The molecule has 1 saturated heterocycles. The van der Waals surface area contributed by atoms with Gasteiger partial charge in [-0.2, -0.15) is 0 Å². The van der Waals surface area contributed by atoms with E-state index in [1.807, 2.05) is 32.0 Å². The fourth-order valence-electron chi connectivity index (χ4n) is 4.61. The van der Waals surface area contributed by atoms with E-state index in [9.17, 15) is 19.2 Å². The van der Waals surface area contributed by atoms with Crippen LogP contribution in [0.2, 0.25) is 5.02 Å². The largest absolute Gasteiger partial charge is 0.443 e. The fourth-order valence-corrected chi connectivity index (χ4v) is 4.74. The van der Waals surface area contributed by atoms with Crippen LogP contribution in [0.5, 0.6) is 0 Å². The summed E-state index contributed by atoms with van der Waals surface area (Å²) in [6, 6.07) is 12.9. The zero-order valence-electron chi connectivity index (χ0n) is 23.4. The first-order chi connectivity index (χ1) is 18.2. The molecule has 0 radical (unpaired) electrons. The molecule has 10 heteroatoms. The number of hydrogen-bond donors (Lipinski definition) is 2. The summed E-state index contributed by atoms with van der Waals surface area (Å²) < 4.78 is 5.13. The van der Waals surface area contributed by atoms with Crippen LogP contribution in [0.25, 0.3) is 0 Å². The van der Waals surface area contributed by atoms with Crippen molar-refractivity contribution >= 4 is 35.4 Å². The first-order valence-corrected chi connectivity index (χ1v) is 13.2. The molecule has 2 aromatic carbocycles. The van der Waals surface area contributed by atoms with Crippen molar-refractivity contribution in [1.82, 2.24) is 20.7 Å². The third-order valence-corrected chi connectivity index (χ3v) is 6.68. The van der Waals surface area contributed by atoms with Crippen molar-refractivity contribution in [2.45, 2.75) is 72.1 Å². The van der Waals surface area contributed by atoms with Crippen molar-refractivity contribution in [2.75, 3.05) is 13.1 Å². The van der Waals surface area contributed by atoms with Gasteiger partial charge in [0.25, 0.3) is 5.91 Å². The third-order valence-electron chi connectivity index (χ3n) is 6.43. The molecule has 0 saturated carbocycles. The van der Waals surface area contributed by atoms with Gasteiger partial charge in [0.05, 0.1) is 6.42 Å². The number of rotatable bonds is 7. The minimum Gasteiger partial charge on any atom is -0.443 e. The van der Waals surface area contributed by atoms with E-state index in [0.29, 0.717) is 18.0 Å². The number of hydrazine groups is 1. The molecule has 2 N–H and O–H groups in total. The first kappa shape index (κ1) is 30.0. The van der Waals surface area contributed by atoms with E-state index < -0.39 is 23.1 Å². The van der Waals surface area contributed by atoms with Crippen LogP contribution < -0.4 is 10.9 Å².